The number of rotatable bonds is 54. The van der Waals surface area contributed by atoms with E-state index in [1.165, 1.54) is 44.9 Å². The highest BCUT2D eigenvalue weighted by Gasteiger charge is 2.19. The molecule has 0 aromatic heterocycles. The minimum absolute atomic E-state index is 0.0960. The summed E-state index contributed by atoms with van der Waals surface area (Å²) in [4.78, 5) is 38.2. The Hall–Kier alpha value is -4.71. The molecule has 0 aliphatic rings. The maximum atomic E-state index is 12.9. The first-order valence-electron chi connectivity index (χ1n) is 30.8. The first-order chi connectivity index (χ1) is 37.5. The second kappa shape index (κ2) is 62.8. The van der Waals surface area contributed by atoms with Crippen molar-refractivity contribution in [2.24, 2.45) is 0 Å². The average Bonchev–Trinajstić information content (AvgIpc) is 3.42. The highest BCUT2D eigenvalue weighted by atomic mass is 16.6. The lowest BCUT2D eigenvalue weighted by Crippen LogP contribution is -2.30. The molecule has 0 aromatic carbocycles. The van der Waals surface area contributed by atoms with Gasteiger partial charge in [-0.3, -0.25) is 14.4 Å². The number of carbonyl (C=O) groups is 3. The van der Waals surface area contributed by atoms with Crippen LogP contribution < -0.4 is 0 Å². The monoisotopic (exact) mass is 1050 g/mol. The van der Waals surface area contributed by atoms with Crippen molar-refractivity contribution in [1.29, 1.82) is 0 Å². The first-order valence-corrected chi connectivity index (χ1v) is 30.8. The summed E-state index contributed by atoms with van der Waals surface area (Å²) in [5, 5.41) is 0. The van der Waals surface area contributed by atoms with E-state index in [-0.39, 0.29) is 31.1 Å². The van der Waals surface area contributed by atoms with Gasteiger partial charge in [0.05, 0.1) is 0 Å². The number of esters is 3. The summed E-state index contributed by atoms with van der Waals surface area (Å²) < 4.78 is 16.8. The van der Waals surface area contributed by atoms with Gasteiger partial charge in [0, 0.05) is 19.3 Å². The van der Waals surface area contributed by atoms with Gasteiger partial charge >= 0.3 is 17.9 Å². The van der Waals surface area contributed by atoms with E-state index in [4.69, 9.17) is 14.2 Å². The topological polar surface area (TPSA) is 78.9 Å². The third-order valence-corrected chi connectivity index (χ3v) is 12.6. The summed E-state index contributed by atoms with van der Waals surface area (Å²) in [5.74, 6) is -0.939. The maximum absolute atomic E-state index is 12.9. The lowest BCUT2D eigenvalue weighted by molar-refractivity contribution is -0.167. The predicted molar refractivity (Wildman–Crippen MR) is 329 cm³/mol. The Kier molecular flexibility index (Phi) is 58.9. The van der Waals surface area contributed by atoms with Gasteiger partial charge in [-0.1, -0.05) is 263 Å². The molecule has 428 valence electrons. The molecule has 76 heavy (non-hydrogen) atoms. The number of allylic oxidation sites excluding steroid dienone is 24. The van der Waals surface area contributed by atoms with Crippen molar-refractivity contribution in [1.82, 2.24) is 0 Å². The van der Waals surface area contributed by atoms with Crippen molar-refractivity contribution in [3.05, 3.63) is 146 Å². The molecule has 6 heteroatoms. The Balaban J connectivity index is 4.39. The number of unbranched alkanes of at least 4 members (excludes halogenated alkanes) is 19. The van der Waals surface area contributed by atoms with E-state index < -0.39 is 6.10 Å². The molecule has 0 heterocycles. The second-order valence-electron chi connectivity index (χ2n) is 19.9. The number of hydrogen-bond donors (Lipinski definition) is 0. The van der Waals surface area contributed by atoms with E-state index in [1.54, 1.807) is 0 Å². The van der Waals surface area contributed by atoms with Gasteiger partial charge in [0.15, 0.2) is 6.10 Å². The van der Waals surface area contributed by atoms with E-state index in [9.17, 15) is 14.4 Å². The van der Waals surface area contributed by atoms with Gasteiger partial charge in [-0.25, -0.2) is 0 Å². The fraction of sp³-hybridized carbons (Fsp3) is 0.614. The second-order valence-corrected chi connectivity index (χ2v) is 19.9. The van der Waals surface area contributed by atoms with Gasteiger partial charge in [-0.15, -0.1) is 0 Å². The molecule has 1 unspecified atom stereocenters. The maximum Gasteiger partial charge on any atom is 0.306 e. The summed E-state index contributed by atoms with van der Waals surface area (Å²) in [5.41, 5.74) is 0. The van der Waals surface area contributed by atoms with Crippen LogP contribution in [0.3, 0.4) is 0 Å². The Morgan fingerprint density at radius 1 is 0.276 bits per heavy atom. The molecule has 0 saturated heterocycles. The third kappa shape index (κ3) is 60.2. The van der Waals surface area contributed by atoms with Gasteiger partial charge < -0.3 is 14.2 Å². The summed E-state index contributed by atoms with van der Waals surface area (Å²) in [6, 6.07) is 0. The fourth-order valence-electron chi connectivity index (χ4n) is 8.04. The van der Waals surface area contributed by atoms with Gasteiger partial charge in [0.1, 0.15) is 13.2 Å². The summed E-state index contributed by atoms with van der Waals surface area (Å²) in [6.07, 6.45) is 89.9. The highest BCUT2D eigenvalue weighted by molar-refractivity contribution is 5.71. The van der Waals surface area contributed by atoms with Crippen LogP contribution in [0.1, 0.15) is 258 Å². The van der Waals surface area contributed by atoms with E-state index in [1.807, 2.05) is 0 Å². The van der Waals surface area contributed by atoms with Crippen molar-refractivity contribution in [3.8, 4) is 0 Å². The molecular weight excluding hydrogens is 937 g/mol. The molecule has 0 rings (SSSR count). The molecule has 0 aromatic rings. The number of carbonyl (C=O) groups excluding carboxylic acids is 3. The lowest BCUT2D eigenvalue weighted by Gasteiger charge is -2.18. The molecule has 0 aliphatic heterocycles. The number of hydrogen-bond acceptors (Lipinski definition) is 6. The third-order valence-electron chi connectivity index (χ3n) is 12.6. The molecule has 0 bridgehead atoms. The Morgan fingerprint density at radius 3 is 0.803 bits per heavy atom. The zero-order chi connectivity index (χ0) is 55.0. The molecule has 0 radical (unpaired) electrons. The van der Waals surface area contributed by atoms with E-state index in [2.05, 4.69) is 167 Å². The SMILES string of the molecule is CC/C=C\C/C=C\C/C=C\C/C=C\C/C=C\C/C=C\C/C=C\CCCCCCCC(=O)OCC(COC(=O)CCCCCCCCCCCC)OC(=O)CCCCCCC/C=C\C/C=C\C/C=C\C/C=C\C/C=C\CC. The van der Waals surface area contributed by atoms with Gasteiger partial charge in [-0.05, 0) is 122 Å². The molecule has 0 fully saturated rings. The van der Waals surface area contributed by atoms with Crippen LogP contribution in [-0.2, 0) is 28.6 Å². The molecule has 0 spiro atoms. The van der Waals surface area contributed by atoms with Crippen LogP contribution in [0.25, 0.3) is 0 Å². The highest BCUT2D eigenvalue weighted by Crippen LogP contribution is 2.14. The molecule has 0 amide bonds. The van der Waals surface area contributed by atoms with Gasteiger partial charge in [-0.2, -0.15) is 0 Å². The Labute approximate surface area is 467 Å². The molecule has 6 nitrogen and oxygen atoms in total. The van der Waals surface area contributed by atoms with Crippen LogP contribution in [0, 0.1) is 0 Å². The lowest BCUT2D eigenvalue weighted by atomic mass is 10.1. The van der Waals surface area contributed by atoms with E-state index >= 15 is 0 Å². The van der Waals surface area contributed by atoms with Crippen LogP contribution in [0.15, 0.2) is 146 Å². The minimum atomic E-state index is -0.802. The molecular formula is C70H112O6. The molecule has 0 aliphatic carbocycles. The van der Waals surface area contributed by atoms with Crippen molar-refractivity contribution in [2.45, 2.75) is 264 Å². The molecule has 0 saturated carbocycles. The first kappa shape index (κ1) is 71.3. The quantitative estimate of drug-likeness (QED) is 0.0261. The van der Waals surface area contributed by atoms with Gasteiger partial charge in [0.25, 0.3) is 0 Å². The minimum Gasteiger partial charge on any atom is -0.462 e. The van der Waals surface area contributed by atoms with Crippen molar-refractivity contribution in [2.75, 3.05) is 13.2 Å². The Morgan fingerprint density at radius 2 is 0.513 bits per heavy atom. The van der Waals surface area contributed by atoms with Crippen LogP contribution in [0.2, 0.25) is 0 Å². The smallest absolute Gasteiger partial charge is 0.306 e. The van der Waals surface area contributed by atoms with Crippen molar-refractivity contribution < 1.29 is 28.6 Å². The summed E-state index contributed by atoms with van der Waals surface area (Å²) in [6.45, 7) is 6.36. The van der Waals surface area contributed by atoms with Gasteiger partial charge in [0.2, 0.25) is 0 Å². The van der Waals surface area contributed by atoms with E-state index in [0.29, 0.717) is 19.3 Å². The Bertz CT molecular complexity index is 1680. The predicted octanol–water partition coefficient (Wildman–Crippen LogP) is 21.2. The van der Waals surface area contributed by atoms with Crippen molar-refractivity contribution >= 4 is 17.9 Å². The zero-order valence-electron chi connectivity index (χ0n) is 49.0. The van der Waals surface area contributed by atoms with Crippen LogP contribution in [-0.4, -0.2) is 37.2 Å². The van der Waals surface area contributed by atoms with Crippen LogP contribution >= 0.6 is 0 Å². The van der Waals surface area contributed by atoms with E-state index in [0.717, 1.165) is 173 Å². The molecule has 0 N–H and O–H groups in total. The standard InChI is InChI=1S/C70H112O6/c1-4-7-10-13-16-19-22-24-26-28-30-32-33-34-35-36-37-39-40-42-44-46-48-51-54-57-60-63-69(72)75-66-67(65-74-68(71)62-59-56-53-50-21-18-15-12-9-6-3)76-70(73)64-61-58-55-52-49-47-45-43-41-38-31-29-27-25-23-20-17-14-11-8-5-2/h7-8,10-11,16-17,19-20,24-27,30-32,34-35,37-39,42-45,67H,4-6,9,12-15,18,21-23,28-29,33,36,40-41,46-66H2,1-3H3/b10-7-,11-8-,19-16-,20-17-,26-24-,27-25-,32-30-,35-34-,38-31-,39-37-,44-42-,45-43-. The fourth-order valence-corrected chi connectivity index (χ4v) is 8.04. The average molecular weight is 1050 g/mol. The summed E-state index contributed by atoms with van der Waals surface area (Å²) >= 11 is 0. The van der Waals surface area contributed by atoms with Crippen LogP contribution in [0.5, 0.6) is 0 Å². The summed E-state index contributed by atoms with van der Waals surface area (Å²) in [7, 11) is 0. The molecule has 1 atom stereocenters. The largest absolute Gasteiger partial charge is 0.462 e. The normalized spacial score (nSPS) is 13.1. The van der Waals surface area contributed by atoms with Crippen molar-refractivity contribution in [3.63, 3.8) is 0 Å². The zero-order valence-corrected chi connectivity index (χ0v) is 49.0. The van der Waals surface area contributed by atoms with Crippen LogP contribution in [0.4, 0.5) is 0 Å². The number of ether oxygens (including phenoxy) is 3.